The highest BCUT2D eigenvalue weighted by atomic mass is 32.2. The number of aromatic nitrogens is 2. The van der Waals surface area contributed by atoms with Gasteiger partial charge in [-0.2, -0.15) is 4.31 Å². The molecule has 3 aliphatic rings. The van der Waals surface area contributed by atoms with Crippen LogP contribution in [0.2, 0.25) is 0 Å². The second-order valence-corrected chi connectivity index (χ2v) is 10.6. The van der Waals surface area contributed by atoms with Crippen molar-refractivity contribution in [3.05, 3.63) is 12.0 Å². The topological polar surface area (TPSA) is 94.0 Å². The lowest BCUT2D eigenvalue weighted by Crippen LogP contribution is -2.50. The van der Waals surface area contributed by atoms with E-state index in [9.17, 15) is 13.2 Å². The zero-order valence-corrected chi connectivity index (χ0v) is 18.8. The molecule has 3 atom stereocenters. The maximum atomic E-state index is 12.9. The lowest BCUT2D eigenvalue weighted by molar-refractivity contribution is -0.144. The molecule has 0 aliphatic carbocycles. The van der Waals surface area contributed by atoms with Crippen LogP contribution in [0, 0.1) is 6.92 Å². The minimum absolute atomic E-state index is 0.0625. The van der Waals surface area contributed by atoms with Crippen LogP contribution in [-0.2, 0) is 31.3 Å². The van der Waals surface area contributed by atoms with E-state index in [0.717, 1.165) is 25.7 Å². The summed E-state index contributed by atoms with van der Waals surface area (Å²) in [7, 11) is -0.213. The molecule has 0 N–H and O–H groups in total. The molecule has 2 bridgehead atoms. The highest BCUT2D eigenvalue weighted by Gasteiger charge is 2.44. The predicted molar refractivity (Wildman–Crippen MR) is 109 cm³/mol. The summed E-state index contributed by atoms with van der Waals surface area (Å²) < 4.78 is 40.4. The first-order chi connectivity index (χ1) is 14.3. The number of imidazole rings is 1. The number of amides is 1. The van der Waals surface area contributed by atoms with Gasteiger partial charge in [0.1, 0.15) is 12.4 Å². The van der Waals surface area contributed by atoms with Crippen molar-refractivity contribution in [2.75, 3.05) is 26.8 Å². The van der Waals surface area contributed by atoms with E-state index in [4.69, 9.17) is 9.47 Å². The molecule has 0 spiro atoms. The summed E-state index contributed by atoms with van der Waals surface area (Å²) in [6, 6.07) is 0.480. The number of rotatable bonds is 6. The Bertz CT molecular complexity index is 844. The van der Waals surface area contributed by atoms with Crippen LogP contribution < -0.4 is 0 Å². The van der Waals surface area contributed by atoms with Gasteiger partial charge < -0.3 is 18.9 Å². The van der Waals surface area contributed by atoms with Crippen LogP contribution in [0.25, 0.3) is 0 Å². The minimum Gasteiger partial charge on any atom is -0.375 e. The standard InChI is InChI=1S/C20H32N4O5S/c1-14-21-19(12-22(14)2)30(26,27)23-8-6-17(7-9-23)29-18-10-15-4-5-16(11-18)24(15)20(25)13-28-3/h12,15-18H,4-11,13H2,1-3H3/t15-,16+,18?. The van der Waals surface area contributed by atoms with Crippen molar-refractivity contribution in [1.29, 1.82) is 0 Å². The Morgan fingerprint density at radius 3 is 2.30 bits per heavy atom. The van der Waals surface area contributed by atoms with E-state index in [1.165, 1.54) is 4.31 Å². The van der Waals surface area contributed by atoms with Crippen LogP contribution >= 0.6 is 0 Å². The van der Waals surface area contributed by atoms with E-state index in [0.29, 0.717) is 31.8 Å². The zero-order chi connectivity index (χ0) is 21.5. The summed E-state index contributed by atoms with van der Waals surface area (Å²) in [5, 5.41) is 0.117. The average molecular weight is 441 g/mol. The van der Waals surface area contributed by atoms with E-state index in [-0.39, 0.29) is 41.8 Å². The van der Waals surface area contributed by atoms with E-state index >= 15 is 0 Å². The maximum Gasteiger partial charge on any atom is 0.262 e. The van der Waals surface area contributed by atoms with Crippen molar-refractivity contribution < 1.29 is 22.7 Å². The summed E-state index contributed by atoms with van der Waals surface area (Å²) in [4.78, 5) is 18.5. The molecule has 0 radical (unpaired) electrons. The molecule has 1 aromatic heterocycles. The van der Waals surface area contributed by atoms with Crippen LogP contribution in [0.3, 0.4) is 0 Å². The molecule has 0 aromatic carbocycles. The fourth-order valence-electron chi connectivity index (χ4n) is 5.11. The fourth-order valence-corrected chi connectivity index (χ4v) is 6.60. The summed E-state index contributed by atoms with van der Waals surface area (Å²) in [5.74, 6) is 0.753. The Kier molecular flexibility index (Phi) is 6.20. The molecular formula is C20H32N4O5S. The van der Waals surface area contributed by atoms with Crippen molar-refractivity contribution in [3.8, 4) is 0 Å². The minimum atomic E-state index is -3.56. The maximum absolute atomic E-state index is 12.9. The quantitative estimate of drug-likeness (QED) is 0.657. The molecule has 10 heteroatoms. The van der Waals surface area contributed by atoms with Crippen molar-refractivity contribution in [2.45, 2.75) is 74.8 Å². The Morgan fingerprint density at radius 1 is 1.13 bits per heavy atom. The van der Waals surface area contributed by atoms with E-state index < -0.39 is 10.0 Å². The molecule has 168 valence electrons. The van der Waals surface area contributed by atoms with Crippen LogP contribution in [-0.4, -0.2) is 84.2 Å². The van der Waals surface area contributed by atoms with Gasteiger partial charge in [-0.25, -0.2) is 13.4 Å². The van der Waals surface area contributed by atoms with Crippen molar-refractivity contribution in [3.63, 3.8) is 0 Å². The number of hydrogen-bond donors (Lipinski definition) is 0. The van der Waals surface area contributed by atoms with Crippen LogP contribution in [0.5, 0.6) is 0 Å². The first-order valence-electron chi connectivity index (χ1n) is 10.7. The number of ether oxygens (including phenoxy) is 2. The average Bonchev–Trinajstić information content (AvgIpc) is 3.19. The third-order valence-corrected chi connectivity index (χ3v) is 8.49. The molecule has 3 aliphatic heterocycles. The van der Waals surface area contributed by atoms with E-state index in [1.54, 1.807) is 31.8 Å². The van der Waals surface area contributed by atoms with Gasteiger partial charge >= 0.3 is 0 Å². The van der Waals surface area contributed by atoms with Gasteiger partial charge in [0.05, 0.1) is 12.2 Å². The molecule has 9 nitrogen and oxygen atoms in total. The Labute approximate surface area is 178 Å². The molecule has 4 rings (SSSR count). The van der Waals surface area contributed by atoms with Gasteiger partial charge in [0.2, 0.25) is 5.91 Å². The highest BCUT2D eigenvalue weighted by Crippen LogP contribution is 2.38. The van der Waals surface area contributed by atoms with Crippen molar-refractivity contribution in [2.24, 2.45) is 7.05 Å². The van der Waals surface area contributed by atoms with E-state index in [1.807, 2.05) is 4.90 Å². The normalized spacial score (nSPS) is 28.2. The Balaban J connectivity index is 1.30. The SMILES string of the molecule is COCC(=O)N1[C@@H]2CC[C@H]1CC(OC1CCN(S(=O)(=O)c3cn(C)c(C)n3)CC1)C2. The molecule has 1 amide bonds. The second kappa shape index (κ2) is 8.57. The first-order valence-corrected chi connectivity index (χ1v) is 12.2. The lowest BCUT2D eigenvalue weighted by Gasteiger charge is -2.41. The zero-order valence-electron chi connectivity index (χ0n) is 18.0. The molecule has 0 saturated carbocycles. The number of sulfonamides is 1. The molecule has 3 saturated heterocycles. The number of hydrogen-bond acceptors (Lipinski definition) is 6. The number of piperidine rings is 2. The number of carbonyl (C=O) groups is 1. The molecule has 4 heterocycles. The highest BCUT2D eigenvalue weighted by molar-refractivity contribution is 7.89. The fraction of sp³-hybridized carbons (Fsp3) is 0.800. The number of fused-ring (bicyclic) bond motifs is 2. The van der Waals surface area contributed by atoms with Crippen LogP contribution in [0.4, 0.5) is 0 Å². The monoisotopic (exact) mass is 440 g/mol. The molecule has 30 heavy (non-hydrogen) atoms. The second-order valence-electron chi connectivity index (χ2n) is 8.69. The summed E-state index contributed by atoms with van der Waals surface area (Å²) in [5.41, 5.74) is 0. The van der Waals surface area contributed by atoms with Gasteiger partial charge in [-0.05, 0) is 45.4 Å². The molecule has 1 aromatic rings. The van der Waals surface area contributed by atoms with E-state index in [2.05, 4.69) is 4.98 Å². The summed E-state index contributed by atoms with van der Waals surface area (Å²) in [6.45, 7) is 2.82. The van der Waals surface area contributed by atoms with Gasteiger partial charge in [0.25, 0.3) is 10.0 Å². The third kappa shape index (κ3) is 4.15. The number of carbonyl (C=O) groups excluding carboxylic acids is 1. The predicted octanol–water partition coefficient (Wildman–Crippen LogP) is 1.07. The molecular weight excluding hydrogens is 408 g/mol. The third-order valence-electron chi connectivity index (χ3n) is 6.72. The number of aryl methyl sites for hydroxylation is 2. The molecule has 3 fully saturated rings. The first kappa shape index (κ1) is 21.7. The van der Waals surface area contributed by atoms with Crippen LogP contribution in [0.15, 0.2) is 11.2 Å². The van der Waals surface area contributed by atoms with Gasteiger partial charge in [0, 0.05) is 45.5 Å². The van der Waals surface area contributed by atoms with Gasteiger partial charge in [0.15, 0.2) is 5.03 Å². The smallest absolute Gasteiger partial charge is 0.262 e. The summed E-state index contributed by atoms with van der Waals surface area (Å²) >= 11 is 0. The van der Waals surface area contributed by atoms with Crippen molar-refractivity contribution >= 4 is 15.9 Å². The largest absolute Gasteiger partial charge is 0.375 e. The van der Waals surface area contributed by atoms with Gasteiger partial charge in [-0.15, -0.1) is 0 Å². The number of nitrogens with zero attached hydrogens (tertiary/aromatic N) is 4. The van der Waals surface area contributed by atoms with Crippen LogP contribution in [0.1, 0.15) is 44.3 Å². The van der Waals surface area contributed by atoms with Gasteiger partial charge in [-0.1, -0.05) is 0 Å². The Hall–Kier alpha value is -1.49. The lowest BCUT2D eigenvalue weighted by atomic mass is 9.98. The molecule has 1 unspecified atom stereocenters. The van der Waals surface area contributed by atoms with Gasteiger partial charge in [-0.3, -0.25) is 4.79 Å². The van der Waals surface area contributed by atoms with Crippen molar-refractivity contribution in [1.82, 2.24) is 18.8 Å². The Morgan fingerprint density at radius 2 is 1.77 bits per heavy atom. The number of methoxy groups -OCH3 is 1. The summed E-state index contributed by atoms with van der Waals surface area (Å²) in [6.07, 6.45) is 6.91.